The second-order valence-electron chi connectivity index (χ2n) is 16.0. The first-order valence-electron chi connectivity index (χ1n) is 15.2. The van der Waals surface area contributed by atoms with Crippen LogP contribution in [-0.4, -0.2) is 23.4 Å². The molecule has 7 heteroatoms. The first-order chi connectivity index (χ1) is 18.4. The predicted molar refractivity (Wildman–Crippen MR) is 151 cm³/mol. The first-order valence-corrected chi connectivity index (χ1v) is 15.2. The van der Waals surface area contributed by atoms with Crippen LogP contribution in [-0.2, 0) is 19.2 Å². The van der Waals surface area contributed by atoms with Gasteiger partial charge in [-0.05, 0) is 84.4 Å². The molecule has 2 amide bonds. The monoisotopic (exact) mass is 549 g/mol. The molecular weight excluding hydrogens is 502 g/mol. The lowest BCUT2D eigenvalue weighted by Crippen LogP contribution is -2.70. The zero-order valence-electron chi connectivity index (χ0n) is 25.6. The van der Waals surface area contributed by atoms with E-state index in [9.17, 15) is 24.4 Å². The number of amides is 2. The Morgan fingerprint density at radius 3 is 2.17 bits per heavy atom. The van der Waals surface area contributed by atoms with Crippen LogP contribution in [0.2, 0.25) is 0 Å². The molecule has 7 nitrogen and oxygen atoms in total. The molecule has 0 aromatic rings. The van der Waals surface area contributed by atoms with Gasteiger partial charge in [0, 0.05) is 24.7 Å². The summed E-state index contributed by atoms with van der Waals surface area (Å²) < 4.78 is 0. The predicted octanol–water partition coefficient (Wildman–Crippen LogP) is 5.45. The van der Waals surface area contributed by atoms with Gasteiger partial charge in [-0.15, -0.1) is 0 Å². The Bertz CT molecular complexity index is 1260. The number of hydrogen-bond donors (Lipinski definition) is 2. The normalized spacial score (nSPS) is 44.9. The van der Waals surface area contributed by atoms with Crippen molar-refractivity contribution in [1.82, 2.24) is 10.9 Å². The van der Waals surface area contributed by atoms with Gasteiger partial charge >= 0.3 is 0 Å². The molecule has 0 radical (unpaired) electrons. The van der Waals surface area contributed by atoms with Crippen molar-refractivity contribution in [2.45, 2.75) is 107 Å². The Kier molecular flexibility index (Phi) is 6.35. The van der Waals surface area contributed by atoms with E-state index < -0.39 is 16.2 Å². The van der Waals surface area contributed by atoms with Gasteiger partial charge in [0.05, 0.1) is 11.0 Å². The highest BCUT2D eigenvalue weighted by Gasteiger charge is 2.73. The average molecular weight is 550 g/mol. The van der Waals surface area contributed by atoms with Gasteiger partial charge in [-0.2, -0.15) is 5.26 Å². The first kappa shape index (κ1) is 29.0. The molecule has 0 spiro atoms. The Balaban J connectivity index is 1.61. The summed E-state index contributed by atoms with van der Waals surface area (Å²) in [6.45, 7) is 16.7. The summed E-state index contributed by atoms with van der Waals surface area (Å²) in [5.74, 6) is -0.592. The maximum absolute atomic E-state index is 14.6. The minimum absolute atomic E-state index is 0.0144. The van der Waals surface area contributed by atoms with Crippen LogP contribution in [0, 0.1) is 67.5 Å². The fraction of sp³-hybridized carbons (Fsp3) is 0.788. The number of nitrogens with zero attached hydrogens (tertiary/aromatic N) is 1. The molecule has 4 saturated carbocycles. The highest BCUT2D eigenvalue weighted by Crippen LogP contribution is 2.75. The molecule has 5 aliphatic rings. The van der Waals surface area contributed by atoms with Gasteiger partial charge < -0.3 is 0 Å². The highest BCUT2D eigenvalue weighted by molar-refractivity contribution is 6.04. The Hall–Kier alpha value is -2.49. The fourth-order valence-electron chi connectivity index (χ4n) is 11.0. The Labute approximate surface area is 239 Å². The van der Waals surface area contributed by atoms with E-state index in [1.165, 1.54) is 6.92 Å². The van der Waals surface area contributed by atoms with E-state index in [1.54, 1.807) is 0 Å². The lowest BCUT2D eigenvalue weighted by molar-refractivity contribution is -0.222. The smallest absolute Gasteiger partial charge is 0.244 e. The molecule has 8 atom stereocenters. The molecule has 5 aliphatic carbocycles. The second-order valence-corrected chi connectivity index (χ2v) is 16.0. The van der Waals surface area contributed by atoms with Gasteiger partial charge in [-0.3, -0.25) is 30.0 Å². The third-order valence-corrected chi connectivity index (χ3v) is 13.3. The van der Waals surface area contributed by atoms with Gasteiger partial charge in [0.2, 0.25) is 11.8 Å². The van der Waals surface area contributed by atoms with Gasteiger partial charge in [-0.25, -0.2) is 0 Å². The fourth-order valence-corrected chi connectivity index (χ4v) is 11.0. The Morgan fingerprint density at radius 1 is 0.900 bits per heavy atom. The van der Waals surface area contributed by atoms with Crippen LogP contribution in [0.25, 0.3) is 0 Å². The number of rotatable bonds is 1. The van der Waals surface area contributed by atoms with Crippen molar-refractivity contribution in [2.24, 2.45) is 56.2 Å². The van der Waals surface area contributed by atoms with Crippen LogP contribution in [0.3, 0.4) is 0 Å². The molecule has 0 saturated heterocycles. The topological polar surface area (TPSA) is 116 Å². The number of nitriles is 1. The number of hydrazine groups is 1. The molecule has 0 heterocycles. The molecule has 218 valence electrons. The van der Waals surface area contributed by atoms with Crippen LogP contribution in [0.4, 0.5) is 0 Å². The molecular formula is C33H47N3O4. The number of carbonyl (C=O) groups excluding carboxylic acids is 4. The number of allylic oxidation sites excluding steroid dienone is 2. The van der Waals surface area contributed by atoms with Crippen LogP contribution in [0.15, 0.2) is 11.6 Å². The quantitative estimate of drug-likeness (QED) is 0.422. The number of ketones is 2. The van der Waals surface area contributed by atoms with Gasteiger partial charge in [0.25, 0.3) is 0 Å². The molecule has 2 N–H and O–H groups in total. The van der Waals surface area contributed by atoms with Crippen molar-refractivity contribution in [3.8, 4) is 6.07 Å². The van der Waals surface area contributed by atoms with E-state index in [0.29, 0.717) is 19.3 Å². The molecule has 5 rings (SSSR count). The zero-order chi connectivity index (χ0) is 29.7. The molecule has 0 aromatic carbocycles. The van der Waals surface area contributed by atoms with E-state index in [1.807, 2.05) is 19.9 Å². The largest absolute Gasteiger partial charge is 0.299 e. The number of nitrogens with one attached hydrogen (secondary N) is 2. The summed E-state index contributed by atoms with van der Waals surface area (Å²) >= 11 is 0. The van der Waals surface area contributed by atoms with Crippen molar-refractivity contribution in [1.29, 1.82) is 5.26 Å². The second kappa shape index (κ2) is 8.76. The van der Waals surface area contributed by atoms with Crippen molar-refractivity contribution < 1.29 is 19.2 Å². The van der Waals surface area contributed by atoms with E-state index in [4.69, 9.17) is 0 Å². The van der Waals surface area contributed by atoms with E-state index in [2.05, 4.69) is 51.5 Å². The minimum Gasteiger partial charge on any atom is -0.299 e. The lowest BCUT2D eigenvalue weighted by atomic mass is 9.31. The minimum atomic E-state index is -0.685. The van der Waals surface area contributed by atoms with Crippen LogP contribution in [0.1, 0.15) is 107 Å². The standard InChI is InChI=1S/C33H47N3O4/c1-19(37)35-36-27(40)33-13-11-28(2,3)17-21(33)25-22(38)15-24-30(6)16-20(18-34)26(39)29(4,5)23(30)9-10-31(24,7)32(25,8)12-14-33/h16,21,23-25H,9-15,17H2,1-8H3,(H,35,37)(H,36,40)/t21-,23-,24+,25-,30-,31+,32+,33-/m0/s1. The van der Waals surface area contributed by atoms with Gasteiger partial charge in [-0.1, -0.05) is 54.5 Å². The summed E-state index contributed by atoms with van der Waals surface area (Å²) in [5.41, 5.74) is 3.17. The van der Waals surface area contributed by atoms with E-state index in [-0.39, 0.29) is 68.9 Å². The van der Waals surface area contributed by atoms with Gasteiger partial charge in [0.1, 0.15) is 11.9 Å². The molecule has 4 fully saturated rings. The third kappa shape index (κ3) is 3.66. The van der Waals surface area contributed by atoms with Crippen molar-refractivity contribution in [3.63, 3.8) is 0 Å². The third-order valence-electron chi connectivity index (χ3n) is 13.3. The molecule has 0 aromatic heterocycles. The van der Waals surface area contributed by atoms with E-state index in [0.717, 1.165) is 32.1 Å². The lowest BCUT2D eigenvalue weighted by Gasteiger charge is -2.71. The number of carbonyl (C=O) groups is 4. The maximum Gasteiger partial charge on any atom is 0.244 e. The highest BCUT2D eigenvalue weighted by atomic mass is 16.2. The van der Waals surface area contributed by atoms with Crippen molar-refractivity contribution in [3.05, 3.63) is 11.6 Å². The molecule has 0 unspecified atom stereocenters. The molecule has 40 heavy (non-hydrogen) atoms. The zero-order valence-corrected chi connectivity index (χ0v) is 25.6. The van der Waals surface area contributed by atoms with Crippen molar-refractivity contribution in [2.75, 3.05) is 0 Å². The van der Waals surface area contributed by atoms with Gasteiger partial charge in [0.15, 0.2) is 5.78 Å². The number of hydrogen-bond acceptors (Lipinski definition) is 5. The van der Waals surface area contributed by atoms with Crippen LogP contribution >= 0.6 is 0 Å². The van der Waals surface area contributed by atoms with Crippen LogP contribution in [0.5, 0.6) is 0 Å². The average Bonchev–Trinajstić information content (AvgIpc) is 2.86. The summed E-state index contributed by atoms with van der Waals surface area (Å²) in [4.78, 5) is 53.3. The molecule has 0 bridgehead atoms. The van der Waals surface area contributed by atoms with E-state index >= 15 is 0 Å². The molecule has 0 aliphatic heterocycles. The SMILES string of the molecule is CC(=O)NNC(=O)[C@]12CCC(C)(C)C[C@H]1[C@H]1C(=O)C[C@@H]3[C@@]4(C)C=C(C#N)C(=O)C(C)(C)[C@@H]4CC[C@@]3(C)[C@]1(C)CC2. The summed E-state index contributed by atoms with van der Waals surface area (Å²) in [5, 5.41) is 9.92. The number of fused-ring (bicyclic) bond motifs is 7. The Morgan fingerprint density at radius 2 is 1.55 bits per heavy atom. The van der Waals surface area contributed by atoms with Crippen molar-refractivity contribution >= 4 is 23.4 Å². The summed E-state index contributed by atoms with van der Waals surface area (Å²) in [6.07, 6.45) is 7.99. The van der Waals surface area contributed by atoms with Crippen LogP contribution < -0.4 is 10.9 Å². The number of Topliss-reactive ketones (excluding diaryl/α,β-unsaturated/α-hetero) is 2. The maximum atomic E-state index is 14.6. The summed E-state index contributed by atoms with van der Waals surface area (Å²) in [6, 6.07) is 2.19. The summed E-state index contributed by atoms with van der Waals surface area (Å²) in [7, 11) is 0.